The molecule has 0 atom stereocenters. The van der Waals surface area contributed by atoms with Gasteiger partial charge >= 0.3 is 0 Å². The molecule has 0 aliphatic heterocycles. The highest BCUT2D eigenvalue weighted by Crippen LogP contribution is 2.51. The maximum absolute atomic E-state index is 14.0. The number of ether oxygens (including phenoxy) is 3. The molecule has 0 fully saturated rings. The standard InChI is InChI=1S/C31H24O10/c1-12-6-17(32)25-21(40-12)9-14-8-19(34)26(30(39-5)22(14)28(25)35)24-16-10-15(37-3)11-20(38-4)23(16)29(36)27-18(33)7-13(2)41-31(24)27/h6-11,32,35-36H,1-5H3. The number of fused-ring (bicyclic) bond motifs is 4. The molecule has 0 aliphatic carbocycles. The second-order valence-electron chi connectivity index (χ2n) is 9.62. The molecule has 3 N–H and O–H groups in total. The van der Waals surface area contributed by atoms with Crippen molar-refractivity contribution < 1.29 is 38.4 Å². The number of phenolic OH excluding ortho intramolecular Hbond substituents is 2. The zero-order valence-corrected chi connectivity index (χ0v) is 22.7. The van der Waals surface area contributed by atoms with E-state index in [9.17, 15) is 24.9 Å². The van der Waals surface area contributed by atoms with Gasteiger partial charge in [0.15, 0.2) is 16.4 Å². The van der Waals surface area contributed by atoms with Gasteiger partial charge in [-0.2, -0.15) is 0 Å². The third-order valence-corrected chi connectivity index (χ3v) is 7.18. The van der Waals surface area contributed by atoms with Crippen molar-refractivity contribution in [2.24, 2.45) is 0 Å². The molecular weight excluding hydrogens is 532 g/mol. The summed E-state index contributed by atoms with van der Waals surface area (Å²) in [6, 6.07) is 8.52. The monoisotopic (exact) mass is 556 g/mol. The summed E-state index contributed by atoms with van der Waals surface area (Å²) in [4.78, 5) is 27.2. The Balaban J connectivity index is 1.93. The quantitative estimate of drug-likeness (QED) is 0.233. The van der Waals surface area contributed by atoms with E-state index in [0.29, 0.717) is 11.5 Å². The van der Waals surface area contributed by atoms with Crippen LogP contribution in [0.25, 0.3) is 54.6 Å². The minimum atomic E-state index is -0.538. The minimum Gasteiger partial charge on any atom is -0.507 e. The highest BCUT2D eigenvalue weighted by molar-refractivity contribution is 6.19. The zero-order valence-electron chi connectivity index (χ0n) is 22.7. The number of rotatable bonds is 4. The molecule has 0 amide bonds. The van der Waals surface area contributed by atoms with E-state index >= 15 is 0 Å². The average Bonchev–Trinajstić information content (AvgIpc) is 2.91. The van der Waals surface area contributed by atoms with Crippen molar-refractivity contribution in [2.45, 2.75) is 13.8 Å². The molecule has 0 aliphatic rings. The molecular formula is C31H24O10. The lowest BCUT2D eigenvalue weighted by Gasteiger charge is -2.19. The lowest BCUT2D eigenvalue weighted by Crippen LogP contribution is -2.09. The van der Waals surface area contributed by atoms with Gasteiger partial charge in [0.1, 0.15) is 62.4 Å². The van der Waals surface area contributed by atoms with Crippen LogP contribution in [-0.2, 0) is 0 Å². The molecule has 6 rings (SSSR count). The van der Waals surface area contributed by atoms with Crippen LogP contribution >= 0.6 is 0 Å². The Morgan fingerprint density at radius 2 is 1.37 bits per heavy atom. The first-order valence-corrected chi connectivity index (χ1v) is 12.4. The largest absolute Gasteiger partial charge is 0.507 e. The van der Waals surface area contributed by atoms with E-state index < -0.39 is 16.6 Å². The van der Waals surface area contributed by atoms with Crippen molar-refractivity contribution in [3.8, 4) is 45.6 Å². The Morgan fingerprint density at radius 1 is 0.659 bits per heavy atom. The number of aromatic hydroxyl groups is 3. The first kappa shape index (κ1) is 25.9. The number of hydrogen-bond donors (Lipinski definition) is 3. The fourth-order valence-electron chi connectivity index (χ4n) is 5.52. The van der Waals surface area contributed by atoms with Crippen LogP contribution < -0.4 is 25.1 Å². The normalized spacial score (nSPS) is 11.5. The third kappa shape index (κ3) is 3.64. The van der Waals surface area contributed by atoms with E-state index in [-0.39, 0.29) is 83.4 Å². The fourth-order valence-corrected chi connectivity index (χ4v) is 5.52. The summed E-state index contributed by atoms with van der Waals surface area (Å²) in [6.45, 7) is 3.21. The molecule has 0 saturated heterocycles. The molecule has 10 heteroatoms. The van der Waals surface area contributed by atoms with Gasteiger partial charge in [0.2, 0.25) is 0 Å². The fraction of sp³-hybridized carbons (Fsp3) is 0.161. The van der Waals surface area contributed by atoms with Crippen LogP contribution in [0.1, 0.15) is 11.5 Å². The van der Waals surface area contributed by atoms with E-state index in [1.54, 1.807) is 19.9 Å². The van der Waals surface area contributed by atoms with Crippen LogP contribution in [0, 0.1) is 13.8 Å². The van der Waals surface area contributed by atoms with E-state index in [1.165, 1.54) is 51.7 Å². The molecule has 41 heavy (non-hydrogen) atoms. The molecule has 0 bridgehead atoms. The summed E-state index contributed by atoms with van der Waals surface area (Å²) in [6.07, 6.45) is 0. The van der Waals surface area contributed by atoms with Gasteiger partial charge in [-0.05, 0) is 37.4 Å². The maximum Gasteiger partial charge on any atom is 0.196 e. The van der Waals surface area contributed by atoms with Crippen molar-refractivity contribution >= 4 is 43.5 Å². The minimum absolute atomic E-state index is 0.0251. The zero-order chi connectivity index (χ0) is 29.3. The number of hydrogen-bond acceptors (Lipinski definition) is 10. The topological polar surface area (TPSA) is 149 Å². The molecule has 6 aromatic rings. The Bertz CT molecular complexity index is 2210. The van der Waals surface area contributed by atoms with Gasteiger partial charge in [-0.1, -0.05) is 0 Å². The lowest BCUT2D eigenvalue weighted by molar-refractivity contribution is 0.396. The summed E-state index contributed by atoms with van der Waals surface area (Å²) in [5, 5.41) is 34.1. The smallest absolute Gasteiger partial charge is 0.196 e. The highest BCUT2D eigenvalue weighted by Gasteiger charge is 2.29. The second-order valence-corrected chi connectivity index (χ2v) is 9.62. The molecule has 0 unspecified atom stereocenters. The molecule has 0 radical (unpaired) electrons. The van der Waals surface area contributed by atoms with Gasteiger partial charge in [-0.15, -0.1) is 0 Å². The van der Waals surface area contributed by atoms with Gasteiger partial charge in [0.05, 0.1) is 37.7 Å². The lowest BCUT2D eigenvalue weighted by atomic mass is 9.90. The van der Waals surface area contributed by atoms with Gasteiger partial charge in [-0.25, -0.2) is 0 Å². The van der Waals surface area contributed by atoms with Crippen molar-refractivity contribution in [2.75, 3.05) is 21.3 Å². The molecule has 2 aromatic heterocycles. The Morgan fingerprint density at radius 3 is 2.05 bits per heavy atom. The van der Waals surface area contributed by atoms with Crippen molar-refractivity contribution in [1.82, 2.24) is 0 Å². The third-order valence-electron chi connectivity index (χ3n) is 7.18. The number of aryl methyl sites for hydroxylation is 2. The SMILES string of the molecule is COc1cc(OC)c2c(O)c3c(=O)cc(C)oc3c(-c3c(OC)c4c(O)c5c(O)cc(C)oc5cc4cc3=O)c2c1. The van der Waals surface area contributed by atoms with E-state index in [4.69, 9.17) is 23.0 Å². The van der Waals surface area contributed by atoms with E-state index in [0.717, 1.165) is 0 Å². The summed E-state index contributed by atoms with van der Waals surface area (Å²) >= 11 is 0. The van der Waals surface area contributed by atoms with Gasteiger partial charge in [0.25, 0.3) is 0 Å². The molecule has 2 heterocycles. The predicted octanol–water partition coefficient (Wildman–Crippen LogP) is 5.63. The van der Waals surface area contributed by atoms with E-state index in [1.807, 2.05) is 0 Å². The Labute approximate surface area is 231 Å². The summed E-state index contributed by atoms with van der Waals surface area (Å²) in [5.41, 5.74) is -0.921. The van der Waals surface area contributed by atoms with E-state index in [2.05, 4.69) is 0 Å². The van der Waals surface area contributed by atoms with Gasteiger partial charge < -0.3 is 38.4 Å². The first-order chi connectivity index (χ1) is 19.6. The molecule has 10 nitrogen and oxygen atoms in total. The van der Waals surface area contributed by atoms with Crippen molar-refractivity contribution in [1.29, 1.82) is 0 Å². The number of phenols is 2. The van der Waals surface area contributed by atoms with Crippen LogP contribution in [-0.4, -0.2) is 36.6 Å². The first-order valence-electron chi connectivity index (χ1n) is 12.4. The van der Waals surface area contributed by atoms with Gasteiger partial charge in [0, 0.05) is 29.1 Å². The Kier molecular flexibility index (Phi) is 5.74. The van der Waals surface area contributed by atoms with Crippen LogP contribution in [0.3, 0.4) is 0 Å². The molecule has 0 spiro atoms. The van der Waals surface area contributed by atoms with Gasteiger partial charge in [-0.3, -0.25) is 9.59 Å². The van der Waals surface area contributed by atoms with Crippen LogP contribution in [0.4, 0.5) is 0 Å². The van der Waals surface area contributed by atoms with Crippen molar-refractivity contribution in [3.63, 3.8) is 0 Å². The highest BCUT2D eigenvalue weighted by atomic mass is 16.5. The molecule has 208 valence electrons. The average molecular weight is 557 g/mol. The van der Waals surface area contributed by atoms with Crippen molar-refractivity contribution in [3.05, 3.63) is 68.4 Å². The van der Waals surface area contributed by atoms with Crippen LogP contribution in [0.2, 0.25) is 0 Å². The maximum atomic E-state index is 14.0. The summed E-state index contributed by atoms with van der Waals surface area (Å²) in [5.74, 6) is 0.109. The molecule has 0 saturated carbocycles. The number of methoxy groups -OCH3 is 3. The summed E-state index contributed by atoms with van der Waals surface area (Å²) < 4.78 is 28.5. The Hall–Kier alpha value is -5.38. The number of benzene rings is 4. The van der Waals surface area contributed by atoms with Crippen LogP contribution in [0.5, 0.6) is 34.5 Å². The summed E-state index contributed by atoms with van der Waals surface area (Å²) in [7, 11) is 4.17. The second kappa shape index (κ2) is 9.09. The predicted molar refractivity (Wildman–Crippen MR) is 153 cm³/mol. The van der Waals surface area contributed by atoms with Crippen LogP contribution in [0.15, 0.2) is 54.8 Å². The molecule has 4 aromatic carbocycles.